The molecule has 3 rings (SSSR count). The quantitative estimate of drug-likeness (QED) is 0.660. The van der Waals surface area contributed by atoms with Crippen LogP contribution in [0.3, 0.4) is 0 Å². The van der Waals surface area contributed by atoms with Gasteiger partial charge in [-0.1, -0.05) is 17.7 Å². The molecule has 74 valence electrons. The van der Waals surface area contributed by atoms with E-state index in [-0.39, 0.29) is 0 Å². The van der Waals surface area contributed by atoms with E-state index in [0.29, 0.717) is 5.02 Å². The Bertz CT molecular complexity index is 597. The zero-order chi connectivity index (χ0) is 10.3. The largest absolute Gasteiger partial charge is 0.338 e. The van der Waals surface area contributed by atoms with Gasteiger partial charge in [0.05, 0.1) is 22.3 Å². The molecular formula is C10H7ClN4. The Hall–Kier alpha value is -1.81. The molecule has 0 unspecified atom stereocenters. The molecule has 0 aliphatic heterocycles. The lowest BCUT2D eigenvalue weighted by atomic mass is 10.3. The van der Waals surface area contributed by atoms with Crippen molar-refractivity contribution in [1.29, 1.82) is 0 Å². The summed E-state index contributed by atoms with van der Waals surface area (Å²) >= 11 is 6.03. The number of para-hydroxylation sites is 1. The summed E-state index contributed by atoms with van der Waals surface area (Å²) in [5, 5.41) is 7.27. The SMILES string of the molecule is Clc1cccc2[nH]c(-c3cn[nH]c3)nc12. The molecule has 2 heterocycles. The summed E-state index contributed by atoms with van der Waals surface area (Å²) < 4.78 is 0. The van der Waals surface area contributed by atoms with Crippen molar-refractivity contribution in [2.45, 2.75) is 0 Å². The van der Waals surface area contributed by atoms with Gasteiger partial charge in [0.1, 0.15) is 11.3 Å². The highest BCUT2D eigenvalue weighted by Crippen LogP contribution is 2.24. The zero-order valence-corrected chi connectivity index (χ0v) is 8.42. The fourth-order valence-electron chi connectivity index (χ4n) is 1.51. The first-order valence-electron chi connectivity index (χ1n) is 4.48. The average Bonchev–Trinajstić information content (AvgIpc) is 2.86. The number of fused-ring (bicyclic) bond motifs is 1. The van der Waals surface area contributed by atoms with Gasteiger partial charge in [0, 0.05) is 6.20 Å². The van der Waals surface area contributed by atoms with E-state index >= 15 is 0 Å². The average molecular weight is 219 g/mol. The minimum absolute atomic E-state index is 0.651. The summed E-state index contributed by atoms with van der Waals surface area (Å²) in [6.45, 7) is 0. The fourth-order valence-corrected chi connectivity index (χ4v) is 1.73. The van der Waals surface area contributed by atoms with Crippen LogP contribution in [0.2, 0.25) is 5.02 Å². The number of aromatic nitrogens is 4. The van der Waals surface area contributed by atoms with Crippen molar-refractivity contribution in [3.8, 4) is 11.4 Å². The molecule has 2 aromatic heterocycles. The maximum absolute atomic E-state index is 6.03. The number of hydrogen-bond donors (Lipinski definition) is 2. The van der Waals surface area contributed by atoms with Gasteiger partial charge in [-0.2, -0.15) is 5.10 Å². The van der Waals surface area contributed by atoms with E-state index in [9.17, 15) is 0 Å². The highest BCUT2D eigenvalue weighted by molar-refractivity contribution is 6.34. The summed E-state index contributed by atoms with van der Waals surface area (Å²) in [5.41, 5.74) is 2.64. The van der Waals surface area contributed by atoms with Crippen LogP contribution in [0.1, 0.15) is 0 Å². The fraction of sp³-hybridized carbons (Fsp3) is 0. The Morgan fingerprint density at radius 3 is 2.93 bits per heavy atom. The summed E-state index contributed by atoms with van der Waals surface area (Å²) in [6, 6.07) is 5.66. The Morgan fingerprint density at radius 1 is 1.27 bits per heavy atom. The molecule has 0 aliphatic carbocycles. The molecule has 5 heteroatoms. The number of nitrogens with zero attached hydrogens (tertiary/aromatic N) is 2. The molecule has 0 aliphatic rings. The van der Waals surface area contributed by atoms with Gasteiger partial charge in [0.15, 0.2) is 0 Å². The molecule has 0 radical (unpaired) electrons. The highest BCUT2D eigenvalue weighted by Gasteiger charge is 2.07. The minimum atomic E-state index is 0.651. The molecule has 0 amide bonds. The number of aromatic amines is 2. The smallest absolute Gasteiger partial charge is 0.141 e. The highest BCUT2D eigenvalue weighted by atomic mass is 35.5. The number of hydrogen-bond acceptors (Lipinski definition) is 2. The van der Waals surface area contributed by atoms with E-state index in [1.807, 2.05) is 18.2 Å². The number of benzene rings is 1. The van der Waals surface area contributed by atoms with Crippen molar-refractivity contribution in [3.63, 3.8) is 0 Å². The van der Waals surface area contributed by atoms with E-state index < -0.39 is 0 Å². The van der Waals surface area contributed by atoms with Gasteiger partial charge in [0.25, 0.3) is 0 Å². The molecule has 2 N–H and O–H groups in total. The van der Waals surface area contributed by atoms with E-state index in [4.69, 9.17) is 11.6 Å². The standard InChI is InChI=1S/C10H7ClN4/c11-7-2-1-3-8-9(7)15-10(14-8)6-4-12-13-5-6/h1-5H,(H,12,13)(H,14,15). The first-order valence-corrected chi connectivity index (χ1v) is 4.86. The summed E-state index contributed by atoms with van der Waals surface area (Å²) in [5.74, 6) is 0.770. The lowest BCUT2D eigenvalue weighted by Gasteiger charge is -1.88. The Balaban J connectivity index is 2.27. The third-order valence-corrected chi connectivity index (χ3v) is 2.54. The van der Waals surface area contributed by atoms with Crippen molar-refractivity contribution in [2.24, 2.45) is 0 Å². The summed E-state index contributed by atoms with van der Waals surface area (Å²) in [6.07, 6.45) is 3.50. The maximum atomic E-state index is 6.03. The van der Waals surface area contributed by atoms with E-state index in [1.54, 1.807) is 12.4 Å². The number of halogens is 1. The van der Waals surface area contributed by atoms with Crippen molar-refractivity contribution in [3.05, 3.63) is 35.6 Å². The molecule has 0 bridgehead atoms. The van der Waals surface area contributed by atoms with Gasteiger partial charge >= 0.3 is 0 Å². The maximum Gasteiger partial charge on any atom is 0.141 e. The molecule has 15 heavy (non-hydrogen) atoms. The van der Waals surface area contributed by atoms with Crippen LogP contribution >= 0.6 is 11.6 Å². The van der Waals surface area contributed by atoms with Crippen LogP contribution in [-0.2, 0) is 0 Å². The lowest BCUT2D eigenvalue weighted by Crippen LogP contribution is -1.74. The van der Waals surface area contributed by atoms with Crippen LogP contribution in [0, 0.1) is 0 Å². The Labute approximate surface area is 90.3 Å². The second-order valence-corrected chi connectivity index (χ2v) is 3.62. The molecule has 0 spiro atoms. The van der Waals surface area contributed by atoms with Crippen molar-refractivity contribution in [2.75, 3.05) is 0 Å². The monoisotopic (exact) mass is 218 g/mol. The van der Waals surface area contributed by atoms with Crippen LogP contribution in [0.5, 0.6) is 0 Å². The predicted molar refractivity (Wildman–Crippen MR) is 58.7 cm³/mol. The van der Waals surface area contributed by atoms with Crippen LogP contribution in [-0.4, -0.2) is 20.2 Å². The van der Waals surface area contributed by atoms with Crippen LogP contribution in [0.4, 0.5) is 0 Å². The predicted octanol–water partition coefficient (Wildman–Crippen LogP) is 2.61. The number of nitrogens with one attached hydrogen (secondary N) is 2. The summed E-state index contributed by atoms with van der Waals surface area (Å²) in [4.78, 5) is 7.59. The third kappa shape index (κ3) is 1.30. The van der Waals surface area contributed by atoms with Gasteiger partial charge < -0.3 is 4.98 Å². The normalized spacial score (nSPS) is 11.0. The molecule has 0 saturated carbocycles. The van der Waals surface area contributed by atoms with Gasteiger partial charge in [-0.15, -0.1) is 0 Å². The second-order valence-electron chi connectivity index (χ2n) is 3.21. The molecule has 0 atom stereocenters. The molecular weight excluding hydrogens is 212 g/mol. The van der Waals surface area contributed by atoms with Gasteiger partial charge in [-0.05, 0) is 12.1 Å². The molecule has 4 nitrogen and oxygen atoms in total. The van der Waals surface area contributed by atoms with Crippen molar-refractivity contribution >= 4 is 22.6 Å². The molecule has 0 fully saturated rings. The number of rotatable bonds is 1. The Kier molecular flexibility index (Phi) is 1.76. The van der Waals surface area contributed by atoms with Gasteiger partial charge in [-0.3, -0.25) is 5.10 Å². The Morgan fingerprint density at radius 2 is 2.20 bits per heavy atom. The van der Waals surface area contributed by atoms with E-state index in [0.717, 1.165) is 22.4 Å². The van der Waals surface area contributed by atoms with Crippen molar-refractivity contribution in [1.82, 2.24) is 20.2 Å². The molecule has 3 aromatic rings. The second kappa shape index (κ2) is 3.10. The first-order chi connectivity index (χ1) is 7.34. The van der Waals surface area contributed by atoms with Gasteiger partial charge in [0.2, 0.25) is 0 Å². The van der Waals surface area contributed by atoms with E-state index in [1.165, 1.54) is 0 Å². The number of imidazole rings is 1. The molecule has 1 aromatic carbocycles. The van der Waals surface area contributed by atoms with Crippen LogP contribution in [0.15, 0.2) is 30.6 Å². The number of H-pyrrole nitrogens is 2. The minimum Gasteiger partial charge on any atom is -0.338 e. The zero-order valence-electron chi connectivity index (χ0n) is 7.66. The van der Waals surface area contributed by atoms with Gasteiger partial charge in [-0.25, -0.2) is 4.98 Å². The summed E-state index contributed by atoms with van der Waals surface area (Å²) in [7, 11) is 0. The van der Waals surface area contributed by atoms with Crippen LogP contribution < -0.4 is 0 Å². The topological polar surface area (TPSA) is 57.4 Å². The molecule has 0 saturated heterocycles. The third-order valence-electron chi connectivity index (χ3n) is 2.24. The lowest BCUT2D eigenvalue weighted by molar-refractivity contribution is 1.09. The first kappa shape index (κ1) is 8.49. The van der Waals surface area contributed by atoms with Crippen LogP contribution in [0.25, 0.3) is 22.4 Å². The van der Waals surface area contributed by atoms with E-state index in [2.05, 4.69) is 20.2 Å². The van der Waals surface area contributed by atoms with Crippen molar-refractivity contribution < 1.29 is 0 Å².